The van der Waals surface area contributed by atoms with Crippen LogP contribution >= 0.6 is 0 Å². The van der Waals surface area contributed by atoms with Crippen LogP contribution in [0.2, 0.25) is 0 Å². The molecule has 0 amide bonds. The molecule has 0 aliphatic heterocycles. The quantitative estimate of drug-likeness (QED) is 0.749. The number of hydrogen-bond acceptors (Lipinski definition) is 4. The lowest BCUT2D eigenvalue weighted by atomic mass is 10.0. The molecular weight excluding hydrogens is 261 g/mol. The summed E-state index contributed by atoms with van der Waals surface area (Å²) in [5.41, 5.74) is 6.91. The number of nitrogens with zero attached hydrogens (tertiary/aromatic N) is 1. The van der Waals surface area contributed by atoms with Crippen LogP contribution in [-0.2, 0) is 0 Å². The van der Waals surface area contributed by atoms with Gasteiger partial charge in [0, 0.05) is 23.4 Å². The first-order valence-electron chi connectivity index (χ1n) is 5.86. The van der Waals surface area contributed by atoms with Gasteiger partial charge in [-0.05, 0) is 12.1 Å². The Morgan fingerprint density at radius 2 is 2.05 bits per heavy atom. The van der Waals surface area contributed by atoms with E-state index in [1.165, 1.54) is 18.3 Å². The van der Waals surface area contributed by atoms with Gasteiger partial charge in [0.05, 0.1) is 5.56 Å². The number of nitrogens with one attached hydrogen (secondary N) is 1. The zero-order chi connectivity index (χ0) is 14.1. The molecular formula is C14H10FN3O2. The molecule has 1 aromatic carbocycles. The number of benzene rings is 1. The minimum Gasteiger partial charge on any atom is -0.367 e. The summed E-state index contributed by atoms with van der Waals surface area (Å²) in [5.74, 6) is -0.432. The van der Waals surface area contributed by atoms with Crippen molar-refractivity contribution < 1.29 is 8.91 Å². The SMILES string of the molecule is Nc1onc(-c2cc[nH]c(=O)c2)c1-c1ccccc1F. The average Bonchev–Trinajstić information content (AvgIpc) is 2.81. The van der Waals surface area contributed by atoms with Gasteiger partial charge < -0.3 is 15.2 Å². The van der Waals surface area contributed by atoms with Gasteiger partial charge >= 0.3 is 0 Å². The molecule has 3 N–H and O–H groups in total. The molecule has 0 unspecified atom stereocenters. The molecule has 0 aliphatic carbocycles. The van der Waals surface area contributed by atoms with E-state index in [1.807, 2.05) is 0 Å². The van der Waals surface area contributed by atoms with Crippen molar-refractivity contribution in [2.24, 2.45) is 0 Å². The van der Waals surface area contributed by atoms with Crippen LogP contribution in [0.1, 0.15) is 0 Å². The first-order valence-corrected chi connectivity index (χ1v) is 5.86. The van der Waals surface area contributed by atoms with E-state index in [4.69, 9.17) is 10.3 Å². The van der Waals surface area contributed by atoms with Crippen LogP contribution in [0.5, 0.6) is 0 Å². The Kier molecular flexibility index (Phi) is 2.83. The lowest BCUT2D eigenvalue weighted by Crippen LogP contribution is -2.02. The van der Waals surface area contributed by atoms with Crippen LogP contribution < -0.4 is 11.3 Å². The van der Waals surface area contributed by atoms with Crippen molar-refractivity contribution in [1.82, 2.24) is 10.1 Å². The number of halogens is 1. The summed E-state index contributed by atoms with van der Waals surface area (Å²) < 4.78 is 18.9. The molecule has 0 radical (unpaired) electrons. The van der Waals surface area contributed by atoms with E-state index in [0.717, 1.165) is 0 Å². The summed E-state index contributed by atoms with van der Waals surface area (Å²) in [6.45, 7) is 0. The van der Waals surface area contributed by atoms with Crippen LogP contribution in [0.15, 0.2) is 51.9 Å². The fourth-order valence-corrected chi connectivity index (χ4v) is 2.02. The number of aromatic amines is 1. The van der Waals surface area contributed by atoms with E-state index in [-0.39, 0.29) is 17.0 Å². The summed E-state index contributed by atoms with van der Waals surface area (Å²) in [5, 5.41) is 3.83. The lowest BCUT2D eigenvalue weighted by molar-refractivity contribution is 0.439. The Morgan fingerprint density at radius 3 is 2.80 bits per heavy atom. The van der Waals surface area contributed by atoms with Crippen LogP contribution in [0, 0.1) is 5.82 Å². The predicted octanol–water partition coefficient (Wildman–Crippen LogP) is 2.42. The number of pyridine rings is 1. The van der Waals surface area contributed by atoms with Crippen molar-refractivity contribution in [3.8, 4) is 22.4 Å². The third kappa shape index (κ3) is 1.97. The maximum absolute atomic E-state index is 13.9. The maximum Gasteiger partial charge on any atom is 0.248 e. The monoisotopic (exact) mass is 271 g/mol. The van der Waals surface area contributed by atoms with Crippen LogP contribution in [-0.4, -0.2) is 10.1 Å². The van der Waals surface area contributed by atoms with Crippen molar-refractivity contribution in [3.05, 3.63) is 58.8 Å². The third-order valence-corrected chi connectivity index (χ3v) is 2.91. The van der Waals surface area contributed by atoms with Gasteiger partial charge in [0.25, 0.3) is 0 Å². The summed E-state index contributed by atoms with van der Waals surface area (Å²) in [6, 6.07) is 9.16. The van der Waals surface area contributed by atoms with E-state index in [0.29, 0.717) is 16.8 Å². The second-order valence-corrected chi connectivity index (χ2v) is 4.19. The largest absolute Gasteiger partial charge is 0.367 e. The molecule has 0 bridgehead atoms. The molecule has 6 heteroatoms. The number of rotatable bonds is 2. The van der Waals surface area contributed by atoms with Crippen molar-refractivity contribution in [3.63, 3.8) is 0 Å². The lowest BCUT2D eigenvalue weighted by Gasteiger charge is -2.03. The molecule has 0 spiro atoms. The van der Waals surface area contributed by atoms with Crippen LogP contribution in [0.3, 0.4) is 0 Å². The molecule has 0 saturated carbocycles. The highest BCUT2D eigenvalue weighted by molar-refractivity contribution is 5.86. The molecule has 0 saturated heterocycles. The highest BCUT2D eigenvalue weighted by Crippen LogP contribution is 2.36. The Bertz CT molecular complexity index is 823. The van der Waals surface area contributed by atoms with E-state index >= 15 is 0 Å². The van der Waals surface area contributed by atoms with Gasteiger partial charge in [-0.3, -0.25) is 4.79 Å². The van der Waals surface area contributed by atoms with E-state index in [1.54, 1.807) is 24.3 Å². The zero-order valence-corrected chi connectivity index (χ0v) is 10.3. The molecule has 3 aromatic rings. The average molecular weight is 271 g/mol. The molecule has 0 fully saturated rings. The van der Waals surface area contributed by atoms with Crippen LogP contribution in [0.4, 0.5) is 10.3 Å². The van der Waals surface area contributed by atoms with E-state index in [9.17, 15) is 9.18 Å². The number of nitrogen functional groups attached to an aromatic ring is 1. The fraction of sp³-hybridized carbons (Fsp3) is 0. The number of aromatic nitrogens is 2. The number of H-pyrrole nitrogens is 1. The van der Waals surface area contributed by atoms with Crippen molar-refractivity contribution >= 4 is 5.88 Å². The molecule has 100 valence electrons. The van der Waals surface area contributed by atoms with E-state index in [2.05, 4.69) is 10.1 Å². The molecule has 0 atom stereocenters. The molecule has 5 nitrogen and oxygen atoms in total. The minimum absolute atomic E-state index is 0.00498. The molecule has 3 rings (SSSR count). The second kappa shape index (κ2) is 4.65. The first-order chi connectivity index (χ1) is 9.66. The Morgan fingerprint density at radius 1 is 1.25 bits per heavy atom. The van der Waals surface area contributed by atoms with Gasteiger partial charge in [-0.15, -0.1) is 0 Å². The number of anilines is 1. The number of hydrogen-bond donors (Lipinski definition) is 2. The number of nitrogens with two attached hydrogens (primary N) is 1. The summed E-state index contributed by atoms with van der Waals surface area (Å²) in [6.07, 6.45) is 1.48. The molecule has 2 aromatic heterocycles. The third-order valence-electron chi connectivity index (χ3n) is 2.91. The highest BCUT2D eigenvalue weighted by atomic mass is 19.1. The van der Waals surface area contributed by atoms with Gasteiger partial charge in [0.1, 0.15) is 11.5 Å². The van der Waals surface area contributed by atoms with Crippen molar-refractivity contribution in [1.29, 1.82) is 0 Å². The first kappa shape index (κ1) is 12.2. The van der Waals surface area contributed by atoms with Gasteiger partial charge in [-0.1, -0.05) is 23.4 Å². The van der Waals surface area contributed by atoms with Gasteiger partial charge in [-0.2, -0.15) is 0 Å². The summed E-state index contributed by atoms with van der Waals surface area (Å²) >= 11 is 0. The molecule has 0 aliphatic rings. The minimum atomic E-state index is -0.437. The summed E-state index contributed by atoms with van der Waals surface area (Å²) in [7, 11) is 0. The maximum atomic E-state index is 13.9. The Labute approximate surface area is 112 Å². The van der Waals surface area contributed by atoms with Crippen LogP contribution in [0.25, 0.3) is 22.4 Å². The molecule has 2 heterocycles. The van der Waals surface area contributed by atoms with Gasteiger partial charge in [0.15, 0.2) is 0 Å². The van der Waals surface area contributed by atoms with Crippen molar-refractivity contribution in [2.75, 3.05) is 5.73 Å². The Hall–Kier alpha value is -2.89. The van der Waals surface area contributed by atoms with Gasteiger partial charge in [0.2, 0.25) is 11.4 Å². The van der Waals surface area contributed by atoms with Gasteiger partial charge in [-0.25, -0.2) is 4.39 Å². The molecule has 20 heavy (non-hydrogen) atoms. The standard InChI is InChI=1S/C14H10FN3O2/c15-10-4-2-1-3-9(10)12-13(18-20-14(12)16)8-5-6-17-11(19)7-8/h1-7H,16H2,(H,17,19). The Balaban J connectivity index is 2.26. The van der Waals surface area contributed by atoms with Crippen molar-refractivity contribution in [2.45, 2.75) is 0 Å². The second-order valence-electron chi connectivity index (χ2n) is 4.19. The predicted molar refractivity (Wildman–Crippen MR) is 72.4 cm³/mol. The van der Waals surface area contributed by atoms with E-state index < -0.39 is 5.82 Å². The topological polar surface area (TPSA) is 84.9 Å². The highest BCUT2D eigenvalue weighted by Gasteiger charge is 2.20. The summed E-state index contributed by atoms with van der Waals surface area (Å²) in [4.78, 5) is 13.9. The zero-order valence-electron chi connectivity index (χ0n) is 10.3. The smallest absolute Gasteiger partial charge is 0.248 e. The normalized spacial score (nSPS) is 10.7. The fourth-order valence-electron chi connectivity index (χ4n) is 2.02.